The molecule has 4 heteroatoms. The van der Waals surface area contributed by atoms with Gasteiger partial charge in [0.2, 0.25) is 0 Å². The fraction of sp³-hybridized carbons (Fsp3) is 0.462. The molecule has 1 aromatic rings. The smallest absolute Gasteiger partial charge is 0.335 e. The zero-order chi connectivity index (χ0) is 12.4. The van der Waals surface area contributed by atoms with Crippen LogP contribution >= 0.6 is 0 Å². The van der Waals surface area contributed by atoms with Gasteiger partial charge in [0, 0.05) is 31.3 Å². The number of aromatic carboxylic acids is 1. The Morgan fingerprint density at radius 3 is 2.82 bits per heavy atom. The van der Waals surface area contributed by atoms with Crippen LogP contribution in [-0.2, 0) is 0 Å². The van der Waals surface area contributed by atoms with Gasteiger partial charge >= 0.3 is 5.97 Å². The number of anilines is 1. The minimum atomic E-state index is -0.885. The SMILES string of the molecule is Cc1cc(N2CCC(CO)C2)ccc1C(=O)O. The molecule has 0 bridgehead atoms. The van der Waals surface area contributed by atoms with Crippen molar-refractivity contribution in [2.24, 2.45) is 5.92 Å². The number of aliphatic hydroxyl groups excluding tert-OH is 1. The number of aryl methyl sites for hydroxylation is 1. The van der Waals surface area contributed by atoms with Crippen molar-refractivity contribution in [2.45, 2.75) is 13.3 Å². The normalized spacial score (nSPS) is 19.6. The van der Waals surface area contributed by atoms with Crippen LogP contribution in [0.3, 0.4) is 0 Å². The maximum absolute atomic E-state index is 10.9. The number of nitrogens with zero attached hydrogens (tertiary/aromatic N) is 1. The molecule has 1 aromatic carbocycles. The number of carboxylic acids is 1. The highest BCUT2D eigenvalue weighted by atomic mass is 16.4. The quantitative estimate of drug-likeness (QED) is 0.833. The third-order valence-electron chi connectivity index (χ3n) is 3.35. The predicted octanol–water partition coefficient (Wildman–Crippen LogP) is 1.51. The number of carboxylic acid groups (broad SMARTS) is 1. The molecule has 1 unspecified atom stereocenters. The van der Waals surface area contributed by atoms with Gasteiger partial charge in [0.1, 0.15) is 0 Å². The summed E-state index contributed by atoms with van der Waals surface area (Å²) in [6.45, 7) is 3.81. The second-order valence-electron chi connectivity index (χ2n) is 4.59. The molecule has 0 radical (unpaired) electrons. The number of aliphatic hydroxyl groups is 1. The van der Waals surface area contributed by atoms with E-state index < -0.39 is 5.97 Å². The number of carbonyl (C=O) groups is 1. The summed E-state index contributed by atoms with van der Waals surface area (Å²) in [6, 6.07) is 5.40. The van der Waals surface area contributed by atoms with Gasteiger partial charge in [-0.1, -0.05) is 0 Å². The maximum Gasteiger partial charge on any atom is 0.335 e. The Morgan fingerprint density at radius 1 is 1.53 bits per heavy atom. The lowest BCUT2D eigenvalue weighted by Crippen LogP contribution is -2.20. The Hall–Kier alpha value is -1.55. The Balaban J connectivity index is 2.18. The van der Waals surface area contributed by atoms with E-state index in [0.717, 1.165) is 30.8 Å². The van der Waals surface area contributed by atoms with Crippen LogP contribution in [0.25, 0.3) is 0 Å². The number of rotatable bonds is 3. The molecule has 1 saturated heterocycles. The monoisotopic (exact) mass is 235 g/mol. The van der Waals surface area contributed by atoms with Crippen LogP contribution in [0.15, 0.2) is 18.2 Å². The first-order chi connectivity index (χ1) is 8.11. The van der Waals surface area contributed by atoms with E-state index in [1.807, 2.05) is 19.1 Å². The zero-order valence-electron chi connectivity index (χ0n) is 9.89. The van der Waals surface area contributed by atoms with Crippen molar-refractivity contribution in [1.82, 2.24) is 0 Å². The van der Waals surface area contributed by atoms with Gasteiger partial charge in [0.15, 0.2) is 0 Å². The second kappa shape index (κ2) is 4.75. The third kappa shape index (κ3) is 2.42. The predicted molar refractivity (Wildman–Crippen MR) is 65.5 cm³/mol. The first-order valence-electron chi connectivity index (χ1n) is 5.81. The van der Waals surface area contributed by atoms with Gasteiger partial charge in [-0.3, -0.25) is 0 Å². The zero-order valence-corrected chi connectivity index (χ0v) is 9.89. The van der Waals surface area contributed by atoms with Gasteiger partial charge in [0.05, 0.1) is 5.56 Å². The van der Waals surface area contributed by atoms with E-state index in [-0.39, 0.29) is 6.61 Å². The van der Waals surface area contributed by atoms with E-state index in [9.17, 15) is 4.79 Å². The van der Waals surface area contributed by atoms with E-state index in [2.05, 4.69) is 4.90 Å². The number of hydrogen-bond acceptors (Lipinski definition) is 3. The summed E-state index contributed by atoms with van der Waals surface area (Å²) in [5.41, 5.74) is 2.18. The van der Waals surface area contributed by atoms with Crippen LogP contribution in [0.2, 0.25) is 0 Å². The van der Waals surface area contributed by atoms with Crippen molar-refractivity contribution in [3.05, 3.63) is 29.3 Å². The molecule has 92 valence electrons. The summed E-state index contributed by atoms with van der Waals surface area (Å²) in [4.78, 5) is 13.1. The first kappa shape index (κ1) is 11.9. The Morgan fingerprint density at radius 2 is 2.29 bits per heavy atom. The topological polar surface area (TPSA) is 60.8 Å². The van der Waals surface area contributed by atoms with Crippen LogP contribution in [-0.4, -0.2) is 35.9 Å². The van der Waals surface area contributed by atoms with Crippen LogP contribution < -0.4 is 4.90 Å². The molecule has 0 spiro atoms. The highest BCUT2D eigenvalue weighted by molar-refractivity contribution is 5.89. The molecular formula is C13H17NO3. The van der Waals surface area contributed by atoms with Crippen molar-refractivity contribution in [2.75, 3.05) is 24.6 Å². The molecule has 0 aliphatic carbocycles. The van der Waals surface area contributed by atoms with Gasteiger partial charge in [-0.05, 0) is 37.1 Å². The largest absolute Gasteiger partial charge is 0.478 e. The molecular weight excluding hydrogens is 218 g/mol. The number of hydrogen-bond donors (Lipinski definition) is 2. The lowest BCUT2D eigenvalue weighted by Gasteiger charge is -2.19. The molecule has 17 heavy (non-hydrogen) atoms. The fourth-order valence-corrected chi connectivity index (χ4v) is 2.30. The molecule has 0 aromatic heterocycles. The molecule has 1 aliphatic rings. The molecule has 4 nitrogen and oxygen atoms in total. The molecule has 0 amide bonds. The van der Waals surface area contributed by atoms with Crippen molar-refractivity contribution in [3.8, 4) is 0 Å². The Labute approximate surface area is 100 Å². The van der Waals surface area contributed by atoms with Crippen LogP contribution in [0.5, 0.6) is 0 Å². The summed E-state index contributed by atoms with van der Waals surface area (Å²) in [6.07, 6.45) is 0.996. The van der Waals surface area contributed by atoms with Gasteiger partial charge in [0.25, 0.3) is 0 Å². The van der Waals surface area contributed by atoms with Crippen molar-refractivity contribution < 1.29 is 15.0 Å². The van der Waals surface area contributed by atoms with Crippen molar-refractivity contribution >= 4 is 11.7 Å². The summed E-state index contributed by atoms with van der Waals surface area (Å²) >= 11 is 0. The van der Waals surface area contributed by atoms with E-state index >= 15 is 0 Å². The summed E-state index contributed by atoms with van der Waals surface area (Å²) < 4.78 is 0. The molecule has 1 atom stereocenters. The van der Waals surface area contributed by atoms with Crippen LogP contribution in [0.4, 0.5) is 5.69 Å². The minimum absolute atomic E-state index is 0.225. The summed E-state index contributed by atoms with van der Waals surface area (Å²) in [5.74, 6) is -0.543. The molecule has 1 aliphatic heterocycles. The first-order valence-corrected chi connectivity index (χ1v) is 5.81. The lowest BCUT2D eigenvalue weighted by molar-refractivity contribution is 0.0696. The Kier molecular flexibility index (Phi) is 3.33. The molecule has 2 N–H and O–H groups in total. The Bertz CT molecular complexity index is 431. The van der Waals surface area contributed by atoms with E-state index in [0.29, 0.717) is 11.5 Å². The summed E-state index contributed by atoms with van der Waals surface area (Å²) in [5, 5.41) is 18.1. The van der Waals surface area contributed by atoms with Crippen molar-refractivity contribution in [3.63, 3.8) is 0 Å². The van der Waals surface area contributed by atoms with Gasteiger partial charge in [-0.25, -0.2) is 4.79 Å². The number of benzene rings is 1. The highest BCUT2D eigenvalue weighted by Gasteiger charge is 2.22. The standard InChI is InChI=1S/C13H17NO3/c1-9-6-11(2-3-12(9)13(16)17)14-5-4-10(7-14)8-15/h2-3,6,10,15H,4-5,7-8H2,1H3,(H,16,17). The maximum atomic E-state index is 10.9. The van der Waals surface area contributed by atoms with Crippen LogP contribution in [0, 0.1) is 12.8 Å². The lowest BCUT2D eigenvalue weighted by atomic mass is 10.1. The van der Waals surface area contributed by atoms with Crippen molar-refractivity contribution in [1.29, 1.82) is 0 Å². The van der Waals surface area contributed by atoms with Gasteiger partial charge in [-0.2, -0.15) is 0 Å². The van der Waals surface area contributed by atoms with E-state index in [1.54, 1.807) is 6.07 Å². The molecule has 2 rings (SSSR count). The minimum Gasteiger partial charge on any atom is -0.478 e. The van der Waals surface area contributed by atoms with Gasteiger partial charge in [-0.15, -0.1) is 0 Å². The molecule has 1 heterocycles. The fourth-order valence-electron chi connectivity index (χ4n) is 2.30. The van der Waals surface area contributed by atoms with E-state index in [1.165, 1.54) is 0 Å². The molecule has 1 fully saturated rings. The van der Waals surface area contributed by atoms with Gasteiger partial charge < -0.3 is 15.1 Å². The summed E-state index contributed by atoms with van der Waals surface area (Å²) in [7, 11) is 0. The third-order valence-corrected chi connectivity index (χ3v) is 3.35. The van der Waals surface area contributed by atoms with Crippen LogP contribution in [0.1, 0.15) is 22.3 Å². The highest BCUT2D eigenvalue weighted by Crippen LogP contribution is 2.25. The van der Waals surface area contributed by atoms with E-state index in [4.69, 9.17) is 10.2 Å². The average molecular weight is 235 g/mol. The average Bonchev–Trinajstić information content (AvgIpc) is 2.76. The second-order valence-corrected chi connectivity index (χ2v) is 4.59. The molecule has 0 saturated carbocycles.